The maximum absolute atomic E-state index is 11.7. The van der Waals surface area contributed by atoms with E-state index in [4.69, 9.17) is 5.73 Å². The van der Waals surface area contributed by atoms with Crippen molar-refractivity contribution in [1.29, 1.82) is 0 Å². The summed E-state index contributed by atoms with van der Waals surface area (Å²) >= 11 is 0. The SMILES string of the molecule is CN1CCC[C@@H](CN(C(=O)CN)C2CC2)C1. The molecule has 2 fully saturated rings. The van der Waals surface area contributed by atoms with Crippen molar-refractivity contribution in [2.24, 2.45) is 11.7 Å². The minimum atomic E-state index is 0.135. The number of hydrogen-bond donors (Lipinski definition) is 1. The van der Waals surface area contributed by atoms with Crippen LogP contribution in [0.2, 0.25) is 0 Å². The van der Waals surface area contributed by atoms with E-state index < -0.39 is 0 Å². The van der Waals surface area contributed by atoms with Crippen LogP contribution in [-0.2, 0) is 4.79 Å². The molecule has 1 saturated carbocycles. The standard InChI is InChI=1S/C12H23N3O/c1-14-6-2-3-10(8-14)9-15(11-4-5-11)12(16)7-13/h10-11H,2-9,13H2,1H3/t10-/m1/s1. The van der Waals surface area contributed by atoms with E-state index in [9.17, 15) is 4.79 Å². The summed E-state index contributed by atoms with van der Waals surface area (Å²) < 4.78 is 0. The predicted octanol–water partition coefficient (Wildman–Crippen LogP) is 0.278. The Morgan fingerprint density at radius 1 is 1.44 bits per heavy atom. The number of hydrogen-bond acceptors (Lipinski definition) is 3. The van der Waals surface area contributed by atoms with Crippen LogP contribution in [-0.4, -0.2) is 55.0 Å². The second-order valence-electron chi connectivity index (χ2n) is 5.25. The molecular weight excluding hydrogens is 202 g/mol. The maximum Gasteiger partial charge on any atom is 0.236 e. The molecule has 0 aromatic rings. The van der Waals surface area contributed by atoms with E-state index in [0.29, 0.717) is 12.0 Å². The maximum atomic E-state index is 11.7. The number of carbonyl (C=O) groups is 1. The Morgan fingerprint density at radius 3 is 2.75 bits per heavy atom. The summed E-state index contributed by atoms with van der Waals surface area (Å²) in [6, 6.07) is 0.503. The molecule has 0 spiro atoms. The van der Waals surface area contributed by atoms with Crippen molar-refractivity contribution in [3.05, 3.63) is 0 Å². The highest BCUT2D eigenvalue weighted by Gasteiger charge is 2.33. The minimum Gasteiger partial charge on any atom is -0.338 e. The van der Waals surface area contributed by atoms with Gasteiger partial charge in [-0.2, -0.15) is 0 Å². The topological polar surface area (TPSA) is 49.6 Å². The lowest BCUT2D eigenvalue weighted by molar-refractivity contribution is -0.131. The Morgan fingerprint density at radius 2 is 2.19 bits per heavy atom. The molecule has 1 aliphatic heterocycles. The van der Waals surface area contributed by atoms with E-state index in [0.717, 1.165) is 13.1 Å². The van der Waals surface area contributed by atoms with Gasteiger partial charge in [0.15, 0.2) is 0 Å². The van der Waals surface area contributed by atoms with Crippen LogP contribution in [0, 0.1) is 5.92 Å². The largest absolute Gasteiger partial charge is 0.338 e. The molecule has 1 aliphatic carbocycles. The summed E-state index contributed by atoms with van der Waals surface area (Å²) in [4.78, 5) is 16.1. The molecule has 2 rings (SSSR count). The molecule has 0 bridgehead atoms. The van der Waals surface area contributed by atoms with E-state index in [-0.39, 0.29) is 12.5 Å². The van der Waals surface area contributed by atoms with Crippen LogP contribution in [0.5, 0.6) is 0 Å². The zero-order valence-corrected chi connectivity index (χ0v) is 10.2. The van der Waals surface area contributed by atoms with Gasteiger partial charge in [-0.3, -0.25) is 4.79 Å². The second kappa shape index (κ2) is 5.15. The van der Waals surface area contributed by atoms with Crippen LogP contribution in [0.3, 0.4) is 0 Å². The van der Waals surface area contributed by atoms with Gasteiger partial charge in [0, 0.05) is 19.1 Å². The van der Waals surface area contributed by atoms with E-state index in [1.54, 1.807) is 0 Å². The fourth-order valence-corrected chi connectivity index (χ4v) is 2.66. The molecule has 4 nitrogen and oxygen atoms in total. The average Bonchev–Trinajstić information content (AvgIpc) is 3.09. The van der Waals surface area contributed by atoms with Crippen LogP contribution in [0.25, 0.3) is 0 Å². The van der Waals surface area contributed by atoms with Gasteiger partial charge in [0.2, 0.25) is 5.91 Å². The van der Waals surface area contributed by atoms with Gasteiger partial charge < -0.3 is 15.5 Å². The molecule has 1 atom stereocenters. The van der Waals surface area contributed by atoms with Crippen LogP contribution in [0.15, 0.2) is 0 Å². The first-order valence-corrected chi connectivity index (χ1v) is 6.38. The Kier molecular flexibility index (Phi) is 3.82. The first-order valence-electron chi connectivity index (χ1n) is 6.38. The number of rotatable bonds is 4. The average molecular weight is 225 g/mol. The highest BCUT2D eigenvalue weighted by molar-refractivity contribution is 5.78. The fraction of sp³-hybridized carbons (Fsp3) is 0.917. The third kappa shape index (κ3) is 2.95. The Bertz CT molecular complexity index is 253. The van der Waals surface area contributed by atoms with Gasteiger partial charge in [-0.05, 0) is 45.2 Å². The summed E-state index contributed by atoms with van der Waals surface area (Å²) in [6.07, 6.45) is 4.87. The molecule has 4 heteroatoms. The molecule has 1 heterocycles. The number of nitrogens with zero attached hydrogens (tertiary/aromatic N) is 2. The molecule has 0 aromatic carbocycles. The van der Waals surface area contributed by atoms with Gasteiger partial charge in [0.05, 0.1) is 6.54 Å². The summed E-state index contributed by atoms with van der Waals surface area (Å²) in [5, 5.41) is 0. The van der Waals surface area contributed by atoms with E-state index in [1.165, 1.54) is 32.2 Å². The molecule has 1 amide bonds. The van der Waals surface area contributed by atoms with Gasteiger partial charge in [-0.25, -0.2) is 0 Å². The van der Waals surface area contributed by atoms with Crippen LogP contribution >= 0.6 is 0 Å². The van der Waals surface area contributed by atoms with Gasteiger partial charge >= 0.3 is 0 Å². The summed E-state index contributed by atoms with van der Waals surface area (Å²) in [5.41, 5.74) is 5.47. The summed E-state index contributed by atoms with van der Waals surface area (Å²) in [6.45, 7) is 3.41. The van der Waals surface area contributed by atoms with Crippen LogP contribution in [0.1, 0.15) is 25.7 Å². The monoisotopic (exact) mass is 225 g/mol. The molecule has 0 unspecified atom stereocenters. The molecular formula is C12H23N3O. The highest BCUT2D eigenvalue weighted by atomic mass is 16.2. The van der Waals surface area contributed by atoms with Gasteiger partial charge in [-0.1, -0.05) is 0 Å². The predicted molar refractivity (Wildman–Crippen MR) is 64.0 cm³/mol. The second-order valence-corrected chi connectivity index (χ2v) is 5.25. The number of likely N-dealkylation sites (tertiary alicyclic amines) is 1. The Labute approximate surface area is 97.8 Å². The number of piperidine rings is 1. The summed E-state index contributed by atoms with van der Waals surface area (Å²) in [5.74, 6) is 0.783. The molecule has 0 aromatic heterocycles. The van der Waals surface area contributed by atoms with Gasteiger partial charge in [-0.15, -0.1) is 0 Å². The smallest absolute Gasteiger partial charge is 0.236 e. The van der Waals surface area contributed by atoms with Crippen molar-refractivity contribution in [1.82, 2.24) is 9.80 Å². The number of nitrogens with two attached hydrogens (primary N) is 1. The Hall–Kier alpha value is -0.610. The molecule has 2 N–H and O–H groups in total. The van der Waals surface area contributed by atoms with Crippen LogP contribution < -0.4 is 5.73 Å². The molecule has 92 valence electrons. The lowest BCUT2D eigenvalue weighted by Gasteiger charge is -2.33. The van der Waals surface area contributed by atoms with E-state index >= 15 is 0 Å². The van der Waals surface area contributed by atoms with Crippen molar-refractivity contribution in [2.45, 2.75) is 31.7 Å². The molecule has 16 heavy (non-hydrogen) atoms. The van der Waals surface area contributed by atoms with Gasteiger partial charge in [0.1, 0.15) is 0 Å². The molecule has 2 aliphatic rings. The fourth-order valence-electron chi connectivity index (χ4n) is 2.66. The van der Waals surface area contributed by atoms with E-state index in [2.05, 4.69) is 11.9 Å². The van der Waals surface area contributed by atoms with Crippen molar-refractivity contribution >= 4 is 5.91 Å². The molecule has 1 saturated heterocycles. The van der Waals surface area contributed by atoms with Crippen molar-refractivity contribution in [3.63, 3.8) is 0 Å². The van der Waals surface area contributed by atoms with Crippen molar-refractivity contribution in [3.8, 4) is 0 Å². The zero-order chi connectivity index (χ0) is 11.5. The first-order chi connectivity index (χ1) is 7.70. The Balaban J connectivity index is 1.87. The van der Waals surface area contributed by atoms with Crippen molar-refractivity contribution < 1.29 is 4.79 Å². The minimum absolute atomic E-state index is 0.135. The number of carbonyl (C=O) groups excluding carboxylic acids is 1. The summed E-state index contributed by atoms with van der Waals surface area (Å²) in [7, 11) is 2.17. The third-order valence-electron chi connectivity index (χ3n) is 3.66. The lowest BCUT2D eigenvalue weighted by atomic mass is 9.97. The number of amides is 1. The third-order valence-corrected chi connectivity index (χ3v) is 3.66. The molecule has 0 radical (unpaired) electrons. The highest BCUT2D eigenvalue weighted by Crippen LogP contribution is 2.29. The van der Waals surface area contributed by atoms with Crippen LogP contribution in [0.4, 0.5) is 0 Å². The lowest BCUT2D eigenvalue weighted by Crippen LogP contribution is -2.44. The van der Waals surface area contributed by atoms with E-state index in [1.807, 2.05) is 4.90 Å². The normalized spacial score (nSPS) is 26.8. The zero-order valence-electron chi connectivity index (χ0n) is 10.2. The van der Waals surface area contributed by atoms with Gasteiger partial charge in [0.25, 0.3) is 0 Å². The quantitative estimate of drug-likeness (QED) is 0.747. The van der Waals surface area contributed by atoms with Crippen molar-refractivity contribution in [2.75, 3.05) is 33.2 Å². The first kappa shape index (κ1) is 11.9.